The van der Waals surface area contributed by atoms with Crippen molar-refractivity contribution >= 4 is 103 Å². The molecule has 0 saturated heterocycles. The molecule has 7 N–H and O–H groups in total. The smallest absolute Gasteiger partial charge is 0.870 e. The van der Waals surface area contributed by atoms with Crippen molar-refractivity contribution in [1.29, 1.82) is 0 Å². The Balaban J connectivity index is 0.00000114. The number of hydrogen-bond donors (Lipinski definition) is 5. The molecule has 0 spiro atoms. The molecule has 0 atom stereocenters. The maximum absolute atomic E-state index is 12.0. The van der Waals surface area contributed by atoms with Gasteiger partial charge in [0.2, 0.25) is 16.3 Å². The number of hydrogen-bond acceptors (Lipinski definition) is 23. The van der Waals surface area contributed by atoms with Gasteiger partial charge in [-0.1, -0.05) is 47.7 Å². The number of anilines is 1. The van der Waals surface area contributed by atoms with Gasteiger partial charge in [-0.25, -0.2) is 53.5 Å². The van der Waals surface area contributed by atoms with Crippen LogP contribution in [0.2, 0.25) is 0 Å². The molecule has 0 amide bonds. The SMILES string of the molecule is CCI.CCOC(=O)C(=CCc1cccc(C)n1)C(=O)OCC.CCOC(=O)c1c[nH]c2nc(C)ccc2c1=O.CCOC=C(C(=O)OCC)C(=O)OCC.CCn1cc(C(=O)O)c(=O)c2ccc(C)nc21.Cc1ccc2c(=O)c(C(=O)O)c[nH]c2n1.Cc1cccc(N)n1.[Na+].[OH-]. The second kappa shape index (κ2) is 46.5. The van der Waals surface area contributed by atoms with Gasteiger partial charge in [-0.2, -0.15) is 0 Å². The Morgan fingerprint density at radius 1 is 0.515 bits per heavy atom. The van der Waals surface area contributed by atoms with E-state index in [1.54, 1.807) is 95.5 Å². The topological polar surface area (TPSA) is 424 Å². The third kappa shape index (κ3) is 29.1. The van der Waals surface area contributed by atoms with E-state index >= 15 is 0 Å². The number of halogens is 1. The van der Waals surface area contributed by atoms with E-state index in [-0.39, 0.29) is 101 Å². The van der Waals surface area contributed by atoms with Crippen LogP contribution in [0, 0.1) is 34.6 Å². The molecule has 0 aliphatic carbocycles. The summed E-state index contributed by atoms with van der Waals surface area (Å²) in [6.45, 7) is 25.3. The fourth-order valence-corrected chi connectivity index (χ4v) is 7.59. The predicted octanol–water partition coefficient (Wildman–Crippen LogP) is 6.02. The van der Waals surface area contributed by atoms with Crippen LogP contribution < -0.4 is 51.6 Å². The van der Waals surface area contributed by atoms with E-state index in [1.807, 2.05) is 65.0 Å². The number of carboxylic acid groups (broad SMARTS) is 2. The number of rotatable bonds is 17. The zero-order chi connectivity index (χ0) is 71.3. The summed E-state index contributed by atoms with van der Waals surface area (Å²) in [5.74, 6) is -5.27. The summed E-state index contributed by atoms with van der Waals surface area (Å²) in [5, 5.41) is 18.7. The average Bonchev–Trinajstić information content (AvgIpc) is 0.806. The minimum Gasteiger partial charge on any atom is -0.870 e. The van der Waals surface area contributed by atoms with E-state index in [0.717, 1.165) is 40.4 Å². The molecule has 8 aromatic heterocycles. The molecule has 516 valence electrons. The molecule has 0 bridgehead atoms. The first kappa shape index (κ1) is 87.4. The van der Waals surface area contributed by atoms with E-state index in [9.17, 15) is 47.9 Å². The van der Waals surface area contributed by atoms with Gasteiger partial charge >= 0.3 is 71.3 Å². The molecule has 0 saturated carbocycles. The fourth-order valence-electron chi connectivity index (χ4n) is 7.59. The molecular formula is C67H81IN9NaO19. The molecule has 30 heteroatoms. The van der Waals surface area contributed by atoms with Crippen molar-refractivity contribution in [2.24, 2.45) is 0 Å². The number of aryl methyl sites for hydroxylation is 6. The number of alkyl halides is 1. The van der Waals surface area contributed by atoms with Gasteiger partial charge in [0.25, 0.3) is 0 Å². The number of carbonyl (C=O) groups is 7. The van der Waals surface area contributed by atoms with Gasteiger partial charge in [-0.15, -0.1) is 0 Å². The van der Waals surface area contributed by atoms with Crippen molar-refractivity contribution in [2.75, 3.05) is 49.8 Å². The number of nitrogens with one attached hydrogen (secondary N) is 2. The number of esters is 5. The van der Waals surface area contributed by atoms with Crippen LogP contribution in [-0.2, 0) is 60.6 Å². The van der Waals surface area contributed by atoms with Crippen LogP contribution in [0.4, 0.5) is 5.82 Å². The number of aromatic amines is 2. The number of aromatic nitrogens is 8. The summed E-state index contributed by atoms with van der Waals surface area (Å²) in [7, 11) is 0. The standard InChI is InChI=1S/C15H19NO4.2C12H12N2O3.C10H8N2O3.C10H16O5.C6H8N2.C2H5I.Na.H2O/c1-4-19-14(17)13(15(18)20-5-2)10-9-12-8-6-7-11(3)16-12;1-3-14-6-9(12(16)17)10(15)8-5-4-7(2)13-11(8)14;1-3-17-12(16)9-6-13-11-8(10(9)15)5-4-7(2)14-11;1-5-2-3-6-8(13)7(10(14)15)4-11-9(6)12-5;1-4-13-7-8(9(11)14-5-2)10(12)15-6-3;1-5-3-2-4-6(7)8-5;1-2-3;;/h6-8,10H,4-5,9H2,1-3H3;4-6H,3H2,1-2H3,(H,16,17);4-6H,3H2,1-2H3,(H,13,14,15);2-4H,1H3,(H,14,15)(H,11,12,13);7H,4-6H2,1-3H3;2-4H,1H3,(H2,7,8);2H2,1H3;;1H2/q;;;;;;;+1;/p-1. The summed E-state index contributed by atoms with van der Waals surface area (Å²) in [6, 6.07) is 21.1. The molecule has 8 aromatic rings. The number of pyridine rings is 8. The molecule has 0 fully saturated rings. The molecular weight excluding hydrogens is 1380 g/mol. The van der Waals surface area contributed by atoms with Gasteiger partial charge in [0.1, 0.15) is 51.3 Å². The van der Waals surface area contributed by atoms with Gasteiger partial charge in [-0.3, -0.25) is 19.4 Å². The number of allylic oxidation sites excluding steroid dienone is 1. The van der Waals surface area contributed by atoms with Crippen LogP contribution in [-0.4, -0.2) is 141 Å². The minimum absolute atomic E-state index is 0. The van der Waals surface area contributed by atoms with E-state index < -0.39 is 52.6 Å². The van der Waals surface area contributed by atoms with Crippen molar-refractivity contribution < 1.29 is 107 Å². The summed E-state index contributed by atoms with van der Waals surface area (Å²) >= 11 is 2.29. The van der Waals surface area contributed by atoms with Crippen LogP contribution in [0.25, 0.3) is 33.1 Å². The molecule has 0 unspecified atom stereocenters. The van der Waals surface area contributed by atoms with Gasteiger partial charge in [0, 0.05) is 65.7 Å². The van der Waals surface area contributed by atoms with Crippen molar-refractivity contribution in [2.45, 2.75) is 103 Å². The van der Waals surface area contributed by atoms with Crippen molar-refractivity contribution in [3.05, 3.63) is 196 Å². The number of fused-ring (bicyclic) bond motifs is 3. The third-order valence-electron chi connectivity index (χ3n) is 11.8. The van der Waals surface area contributed by atoms with Crippen molar-refractivity contribution in [1.82, 2.24) is 39.5 Å². The molecule has 0 radical (unpaired) electrons. The molecule has 97 heavy (non-hydrogen) atoms. The van der Waals surface area contributed by atoms with Crippen LogP contribution in [0.1, 0.15) is 121 Å². The molecule has 0 aliphatic heterocycles. The fraction of sp³-hybridized carbons (Fsp3) is 0.328. The Kier molecular flexibility index (Phi) is 42.0. The number of aromatic carboxylic acids is 2. The Bertz CT molecular complexity index is 4130. The summed E-state index contributed by atoms with van der Waals surface area (Å²) in [4.78, 5) is 141. The van der Waals surface area contributed by atoms with Crippen molar-refractivity contribution in [3.8, 4) is 0 Å². The Morgan fingerprint density at radius 2 is 0.918 bits per heavy atom. The quantitative estimate of drug-likeness (QED) is 0.00800. The van der Waals surface area contributed by atoms with Crippen LogP contribution in [0.3, 0.4) is 0 Å². The number of carboxylic acids is 2. The average molecular weight is 1470 g/mol. The largest absolute Gasteiger partial charge is 1.00 e. The molecule has 8 rings (SSSR count). The number of nitrogen functional groups attached to an aromatic ring is 1. The Hall–Kier alpha value is -9.56. The van der Waals surface area contributed by atoms with E-state index in [1.165, 1.54) is 29.1 Å². The first-order valence-corrected chi connectivity index (χ1v) is 31.3. The first-order valence-electron chi connectivity index (χ1n) is 29.7. The number of nitrogens with two attached hydrogens (primary N) is 1. The second-order valence-corrected chi connectivity index (χ2v) is 20.5. The van der Waals surface area contributed by atoms with E-state index in [4.69, 9.17) is 34.9 Å². The Morgan fingerprint density at radius 3 is 1.33 bits per heavy atom. The normalized spacial score (nSPS) is 9.67. The maximum atomic E-state index is 12.0. The van der Waals surface area contributed by atoms with Gasteiger partial charge < -0.3 is 64.4 Å². The van der Waals surface area contributed by atoms with Crippen LogP contribution >= 0.6 is 22.6 Å². The summed E-state index contributed by atoms with van der Waals surface area (Å²) < 4.78 is 31.6. The monoisotopic (exact) mass is 1470 g/mol. The summed E-state index contributed by atoms with van der Waals surface area (Å²) in [5.41, 5.74) is 9.60. The first-order chi connectivity index (χ1) is 45.2. The number of ether oxygens (including phenoxy) is 6. The predicted molar refractivity (Wildman–Crippen MR) is 367 cm³/mol. The summed E-state index contributed by atoms with van der Waals surface area (Å²) in [6.07, 6.45) is 6.79. The third-order valence-corrected chi connectivity index (χ3v) is 11.8. The van der Waals surface area contributed by atoms with E-state index in [2.05, 4.69) is 73.9 Å². The van der Waals surface area contributed by atoms with Gasteiger partial charge in [-0.05, 0) is 148 Å². The van der Waals surface area contributed by atoms with Crippen LogP contribution in [0.15, 0.2) is 129 Å². The maximum Gasteiger partial charge on any atom is 1.00 e. The van der Waals surface area contributed by atoms with Gasteiger partial charge in [0.15, 0.2) is 5.57 Å². The number of nitrogens with zero attached hydrogens (tertiary/aromatic N) is 6. The zero-order valence-corrected chi connectivity index (χ0v) is 60.8. The van der Waals surface area contributed by atoms with Crippen molar-refractivity contribution in [3.63, 3.8) is 0 Å². The Labute approximate surface area is 595 Å². The molecule has 28 nitrogen and oxygen atoms in total. The minimum atomic E-state index is -1.24. The number of H-pyrrole nitrogens is 2. The zero-order valence-electron chi connectivity index (χ0n) is 56.7. The second-order valence-electron chi connectivity index (χ2n) is 19.0. The molecule has 0 aliphatic rings. The molecule has 8 heterocycles. The van der Waals surface area contributed by atoms with E-state index in [0.29, 0.717) is 58.5 Å². The van der Waals surface area contributed by atoms with Crippen LogP contribution in [0.5, 0.6) is 0 Å². The number of carbonyl (C=O) groups excluding carboxylic acids is 5. The van der Waals surface area contributed by atoms with Gasteiger partial charge in [0.05, 0.1) is 55.8 Å². The molecule has 0 aromatic carbocycles.